The zero-order valence-electron chi connectivity index (χ0n) is 8.87. The standard InChI is InChI=1S/C12H13FN2S/c13-8-3-4-10-9(7-8)15-11(16-10)12(14)5-1-2-6-12/h3-4,7H,1-2,5-6,14H2. The Hall–Kier alpha value is -1.00. The first-order chi connectivity index (χ1) is 7.67. The van der Waals surface area contributed by atoms with Crippen LogP contribution in [0.25, 0.3) is 10.2 Å². The van der Waals surface area contributed by atoms with E-state index in [1.54, 1.807) is 17.4 Å². The molecule has 1 saturated carbocycles. The van der Waals surface area contributed by atoms with Crippen molar-refractivity contribution in [3.8, 4) is 0 Å². The molecule has 1 aromatic heterocycles. The van der Waals surface area contributed by atoms with E-state index in [1.807, 2.05) is 0 Å². The number of rotatable bonds is 1. The minimum Gasteiger partial charge on any atom is -0.319 e. The SMILES string of the molecule is NC1(c2nc3cc(F)ccc3s2)CCCC1. The van der Waals surface area contributed by atoms with Crippen LogP contribution in [-0.4, -0.2) is 4.98 Å². The van der Waals surface area contributed by atoms with Crippen LogP contribution in [-0.2, 0) is 5.54 Å². The lowest BCUT2D eigenvalue weighted by Gasteiger charge is -2.19. The molecule has 1 aromatic carbocycles. The summed E-state index contributed by atoms with van der Waals surface area (Å²) < 4.78 is 14.1. The number of fused-ring (bicyclic) bond motifs is 1. The molecule has 1 aliphatic carbocycles. The fourth-order valence-corrected chi connectivity index (χ4v) is 3.44. The fourth-order valence-electron chi connectivity index (χ4n) is 2.33. The van der Waals surface area contributed by atoms with Gasteiger partial charge < -0.3 is 5.73 Å². The Morgan fingerprint density at radius 2 is 2.06 bits per heavy atom. The third-order valence-corrected chi connectivity index (χ3v) is 4.53. The van der Waals surface area contributed by atoms with E-state index in [-0.39, 0.29) is 11.4 Å². The Morgan fingerprint density at radius 3 is 2.81 bits per heavy atom. The first kappa shape index (κ1) is 10.2. The normalized spacial score (nSPS) is 19.4. The van der Waals surface area contributed by atoms with Gasteiger partial charge in [-0.2, -0.15) is 0 Å². The smallest absolute Gasteiger partial charge is 0.125 e. The maximum Gasteiger partial charge on any atom is 0.125 e. The number of hydrogen-bond donors (Lipinski definition) is 1. The summed E-state index contributed by atoms with van der Waals surface area (Å²) in [6.45, 7) is 0. The van der Waals surface area contributed by atoms with E-state index in [2.05, 4.69) is 4.98 Å². The van der Waals surface area contributed by atoms with Crippen LogP contribution in [0.5, 0.6) is 0 Å². The van der Waals surface area contributed by atoms with Crippen LogP contribution >= 0.6 is 11.3 Å². The monoisotopic (exact) mass is 236 g/mol. The molecule has 0 saturated heterocycles. The second-order valence-corrected chi connectivity index (χ2v) is 5.52. The van der Waals surface area contributed by atoms with E-state index in [9.17, 15) is 4.39 Å². The molecule has 1 aliphatic rings. The predicted molar refractivity (Wildman–Crippen MR) is 63.9 cm³/mol. The number of nitrogens with zero attached hydrogens (tertiary/aromatic N) is 1. The molecule has 0 spiro atoms. The Kier molecular flexibility index (Phi) is 2.23. The van der Waals surface area contributed by atoms with Crippen molar-refractivity contribution in [2.24, 2.45) is 5.73 Å². The van der Waals surface area contributed by atoms with E-state index in [1.165, 1.54) is 25.0 Å². The second kappa shape index (κ2) is 3.50. The summed E-state index contributed by atoms with van der Waals surface area (Å²) in [5.74, 6) is -0.234. The molecule has 16 heavy (non-hydrogen) atoms. The molecule has 2 aromatic rings. The Balaban J connectivity index is 2.11. The quantitative estimate of drug-likeness (QED) is 0.826. The molecular formula is C12H13FN2S. The maximum absolute atomic E-state index is 13.1. The van der Waals surface area contributed by atoms with Crippen LogP contribution in [0.4, 0.5) is 4.39 Å². The van der Waals surface area contributed by atoms with Crippen molar-refractivity contribution in [2.75, 3.05) is 0 Å². The summed E-state index contributed by atoms with van der Waals surface area (Å²) in [4.78, 5) is 4.48. The number of nitrogens with two attached hydrogens (primary N) is 1. The first-order valence-corrected chi connectivity index (χ1v) is 6.34. The van der Waals surface area contributed by atoms with E-state index >= 15 is 0 Å². The molecule has 3 rings (SSSR count). The van der Waals surface area contributed by atoms with Gasteiger partial charge in [-0.15, -0.1) is 11.3 Å². The first-order valence-electron chi connectivity index (χ1n) is 5.53. The summed E-state index contributed by atoms with van der Waals surface area (Å²) in [6, 6.07) is 4.74. The van der Waals surface area contributed by atoms with Gasteiger partial charge in [0.1, 0.15) is 10.8 Å². The number of aromatic nitrogens is 1. The molecule has 2 N–H and O–H groups in total. The zero-order chi connectivity index (χ0) is 11.2. The molecule has 0 radical (unpaired) electrons. The van der Waals surface area contributed by atoms with E-state index in [0.29, 0.717) is 0 Å². The summed E-state index contributed by atoms with van der Waals surface area (Å²) in [6.07, 6.45) is 4.33. The van der Waals surface area contributed by atoms with Crippen molar-refractivity contribution in [2.45, 2.75) is 31.2 Å². The minimum atomic E-state index is -0.264. The Morgan fingerprint density at radius 1 is 1.31 bits per heavy atom. The molecule has 0 bridgehead atoms. The molecule has 4 heteroatoms. The molecular weight excluding hydrogens is 223 g/mol. The number of benzene rings is 1. The topological polar surface area (TPSA) is 38.9 Å². The Labute approximate surface area is 97.3 Å². The molecule has 1 fully saturated rings. The summed E-state index contributed by atoms with van der Waals surface area (Å²) >= 11 is 1.60. The Bertz CT molecular complexity index is 529. The second-order valence-electron chi connectivity index (χ2n) is 4.49. The summed E-state index contributed by atoms with van der Waals surface area (Å²) in [5.41, 5.74) is 6.81. The van der Waals surface area contributed by atoms with Crippen molar-refractivity contribution in [1.29, 1.82) is 0 Å². The van der Waals surface area contributed by atoms with Gasteiger partial charge >= 0.3 is 0 Å². The van der Waals surface area contributed by atoms with Crippen LogP contribution in [0, 0.1) is 5.82 Å². The van der Waals surface area contributed by atoms with Crippen LogP contribution in [0.15, 0.2) is 18.2 Å². The molecule has 0 atom stereocenters. The summed E-state index contributed by atoms with van der Waals surface area (Å²) in [7, 11) is 0. The van der Waals surface area contributed by atoms with Crippen molar-refractivity contribution in [3.05, 3.63) is 29.0 Å². The highest BCUT2D eigenvalue weighted by atomic mass is 32.1. The lowest BCUT2D eigenvalue weighted by molar-refractivity contribution is 0.460. The molecule has 0 unspecified atom stereocenters. The van der Waals surface area contributed by atoms with Gasteiger partial charge in [-0.3, -0.25) is 0 Å². The third-order valence-electron chi connectivity index (χ3n) is 3.27. The molecule has 0 amide bonds. The van der Waals surface area contributed by atoms with E-state index < -0.39 is 0 Å². The van der Waals surface area contributed by atoms with Gasteiger partial charge in [-0.1, -0.05) is 12.8 Å². The number of halogens is 1. The lowest BCUT2D eigenvalue weighted by atomic mass is 10.0. The number of thiazole rings is 1. The third kappa shape index (κ3) is 1.53. The van der Waals surface area contributed by atoms with E-state index in [0.717, 1.165) is 28.1 Å². The van der Waals surface area contributed by atoms with Gasteiger partial charge in [0.05, 0.1) is 15.8 Å². The van der Waals surface area contributed by atoms with Crippen molar-refractivity contribution >= 4 is 21.6 Å². The van der Waals surface area contributed by atoms with Gasteiger partial charge in [0.15, 0.2) is 0 Å². The maximum atomic E-state index is 13.1. The van der Waals surface area contributed by atoms with Gasteiger partial charge in [0.2, 0.25) is 0 Å². The van der Waals surface area contributed by atoms with Gasteiger partial charge in [0.25, 0.3) is 0 Å². The van der Waals surface area contributed by atoms with Crippen LogP contribution < -0.4 is 5.73 Å². The molecule has 0 aliphatic heterocycles. The summed E-state index contributed by atoms with van der Waals surface area (Å²) in [5, 5.41) is 0.964. The largest absolute Gasteiger partial charge is 0.319 e. The average Bonchev–Trinajstić information content (AvgIpc) is 2.84. The predicted octanol–water partition coefficient (Wildman–Crippen LogP) is 3.16. The molecule has 84 valence electrons. The zero-order valence-corrected chi connectivity index (χ0v) is 9.69. The van der Waals surface area contributed by atoms with Crippen molar-refractivity contribution in [3.63, 3.8) is 0 Å². The van der Waals surface area contributed by atoms with E-state index in [4.69, 9.17) is 5.73 Å². The fraction of sp³-hybridized carbons (Fsp3) is 0.417. The van der Waals surface area contributed by atoms with Crippen molar-refractivity contribution in [1.82, 2.24) is 4.98 Å². The van der Waals surface area contributed by atoms with Crippen molar-refractivity contribution < 1.29 is 4.39 Å². The van der Waals surface area contributed by atoms with Gasteiger partial charge in [0, 0.05) is 6.07 Å². The van der Waals surface area contributed by atoms with Crippen LogP contribution in [0.3, 0.4) is 0 Å². The highest BCUT2D eigenvalue weighted by Crippen LogP contribution is 2.39. The highest BCUT2D eigenvalue weighted by Gasteiger charge is 2.34. The van der Waals surface area contributed by atoms with Gasteiger partial charge in [-0.25, -0.2) is 9.37 Å². The highest BCUT2D eigenvalue weighted by molar-refractivity contribution is 7.18. The van der Waals surface area contributed by atoms with Crippen LogP contribution in [0.2, 0.25) is 0 Å². The minimum absolute atomic E-state index is 0.234. The molecule has 2 nitrogen and oxygen atoms in total. The number of hydrogen-bond acceptors (Lipinski definition) is 3. The molecule has 1 heterocycles. The van der Waals surface area contributed by atoms with Crippen LogP contribution in [0.1, 0.15) is 30.7 Å². The average molecular weight is 236 g/mol. The van der Waals surface area contributed by atoms with Gasteiger partial charge in [-0.05, 0) is 25.0 Å². The lowest BCUT2D eigenvalue weighted by Crippen LogP contribution is -2.32.